The fourth-order valence-electron chi connectivity index (χ4n) is 3.45. The number of ether oxygens (including phenoxy) is 1. The standard InChI is InChI=1S/C16H27N3O2/c1-4-10-17-16(15(20)21-3)9-5-6-14(16)8-12-19-11-7-13(2)18-19/h7,11,14,17H,4-6,8-10,12H2,1-3H3. The SMILES string of the molecule is CCCNC1(C(=O)OC)CCCC1CCn1ccc(C)n1. The first-order valence-electron chi connectivity index (χ1n) is 7.96. The summed E-state index contributed by atoms with van der Waals surface area (Å²) in [5.41, 5.74) is 0.539. The van der Waals surface area contributed by atoms with Gasteiger partial charge in [-0.25, -0.2) is 0 Å². The largest absolute Gasteiger partial charge is 0.468 e. The van der Waals surface area contributed by atoms with Gasteiger partial charge in [0.2, 0.25) is 0 Å². The third kappa shape index (κ3) is 3.46. The van der Waals surface area contributed by atoms with E-state index in [-0.39, 0.29) is 5.97 Å². The number of hydrogen-bond acceptors (Lipinski definition) is 4. The number of hydrogen-bond donors (Lipinski definition) is 1. The average Bonchev–Trinajstić information content (AvgIpc) is 3.09. The van der Waals surface area contributed by atoms with Crippen LogP contribution in [0.4, 0.5) is 0 Å². The van der Waals surface area contributed by atoms with Crippen LogP contribution in [0.1, 0.15) is 44.7 Å². The van der Waals surface area contributed by atoms with Crippen molar-refractivity contribution in [3.05, 3.63) is 18.0 Å². The van der Waals surface area contributed by atoms with Gasteiger partial charge in [0.15, 0.2) is 0 Å². The quantitative estimate of drug-likeness (QED) is 0.784. The highest BCUT2D eigenvalue weighted by molar-refractivity contribution is 5.81. The zero-order valence-corrected chi connectivity index (χ0v) is 13.4. The van der Waals surface area contributed by atoms with Gasteiger partial charge in [-0.15, -0.1) is 0 Å². The maximum atomic E-state index is 12.4. The molecule has 1 N–H and O–H groups in total. The normalized spacial score (nSPS) is 25.2. The lowest BCUT2D eigenvalue weighted by molar-refractivity contribution is -0.150. The Labute approximate surface area is 127 Å². The molecular weight excluding hydrogens is 266 g/mol. The molecule has 2 rings (SSSR count). The summed E-state index contributed by atoms with van der Waals surface area (Å²) in [5.74, 6) is 0.219. The van der Waals surface area contributed by atoms with Crippen LogP contribution >= 0.6 is 0 Å². The molecule has 0 amide bonds. The molecule has 2 unspecified atom stereocenters. The highest BCUT2D eigenvalue weighted by Crippen LogP contribution is 2.39. The molecule has 0 bridgehead atoms. The van der Waals surface area contributed by atoms with Crippen molar-refractivity contribution in [1.29, 1.82) is 0 Å². The first-order valence-corrected chi connectivity index (χ1v) is 7.96. The number of methoxy groups -OCH3 is 1. The summed E-state index contributed by atoms with van der Waals surface area (Å²) < 4.78 is 7.06. The summed E-state index contributed by atoms with van der Waals surface area (Å²) in [6.07, 6.45) is 7.00. The van der Waals surface area contributed by atoms with Gasteiger partial charge in [0.05, 0.1) is 12.8 Å². The zero-order valence-electron chi connectivity index (χ0n) is 13.4. The van der Waals surface area contributed by atoms with Crippen molar-refractivity contribution in [3.63, 3.8) is 0 Å². The lowest BCUT2D eigenvalue weighted by atomic mass is 9.84. The van der Waals surface area contributed by atoms with Crippen molar-refractivity contribution < 1.29 is 9.53 Å². The van der Waals surface area contributed by atoms with Crippen molar-refractivity contribution in [1.82, 2.24) is 15.1 Å². The minimum atomic E-state index is -0.493. The zero-order chi connectivity index (χ0) is 15.3. The van der Waals surface area contributed by atoms with Gasteiger partial charge in [0.1, 0.15) is 5.54 Å². The first-order chi connectivity index (χ1) is 10.1. The van der Waals surface area contributed by atoms with Crippen LogP contribution in [0.5, 0.6) is 0 Å². The fraction of sp³-hybridized carbons (Fsp3) is 0.750. The van der Waals surface area contributed by atoms with E-state index in [1.54, 1.807) is 0 Å². The number of rotatable bonds is 7. The topological polar surface area (TPSA) is 56.1 Å². The Kier molecular flexibility index (Phi) is 5.39. The Morgan fingerprint density at radius 1 is 1.62 bits per heavy atom. The molecule has 1 aromatic heterocycles. The summed E-state index contributed by atoms with van der Waals surface area (Å²) >= 11 is 0. The Hall–Kier alpha value is -1.36. The van der Waals surface area contributed by atoms with Crippen LogP contribution in [0, 0.1) is 12.8 Å². The molecule has 1 fully saturated rings. The third-order valence-electron chi connectivity index (χ3n) is 4.54. The van der Waals surface area contributed by atoms with Crippen molar-refractivity contribution >= 4 is 5.97 Å². The predicted octanol–water partition coefficient (Wildman–Crippen LogP) is 2.29. The molecule has 1 aliphatic rings. The second kappa shape index (κ2) is 7.07. The number of nitrogens with one attached hydrogen (secondary N) is 1. The van der Waals surface area contributed by atoms with Gasteiger partial charge in [-0.1, -0.05) is 13.3 Å². The predicted molar refractivity (Wildman–Crippen MR) is 82.0 cm³/mol. The van der Waals surface area contributed by atoms with Crippen LogP contribution in [0.25, 0.3) is 0 Å². The molecule has 0 saturated heterocycles. The maximum absolute atomic E-state index is 12.4. The number of aryl methyl sites for hydroxylation is 2. The van der Waals surface area contributed by atoms with E-state index >= 15 is 0 Å². The molecule has 1 heterocycles. The van der Waals surface area contributed by atoms with E-state index in [4.69, 9.17) is 4.74 Å². The van der Waals surface area contributed by atoms with Gasteiger partial charge < -0.3 is 10.1 Å². The number of esters is 1. The van der Waals surface area contributed by atoms with E-state index in [0.29, 0.717) is 5.92 Å². The van der Waals surface area contributed by atoms with Gasteiger partial charge >= 0.3 is 5.97 Å². The summed E-state index contributed by atoms with van der Waals surface area (Å²) in [6.45, 7) is 5.82. The smallest absolute Gasteiger partial charge is 0.326 e. The van der Waals surface area contributed by atoms with Crippen molar-refractivity contribution in [3.8, 4) is 0 Å². The van der Waals surface area contributed by atoms with Gasteiger partial charge in [-0.05, 0) is 51.1 Å². The number of aromatic nitrogens is 2. The van der Waals surface area contributed by atoms with Crippen LogP contribution in [0.3, 0.4) is 0 Å². The Bertz CT molecular complexity index is 472. The Morgan fingerprint density at radius 3 is 3.05 bits per heavy atom. The monoisotopic (exact) mass is 293 g/mol. The van der Waals surface area contributed by atoms with Crippen LogP contribution in [0.15, 0.2) is 12.3 Å². The van der Waals surface area contributed by atoms with Gasteiger partial charge in [0.25, 0.3) is 0 Å². The van der Waals surface area contributed by atoms with Crippen LogP contribution < -0.4 is 5.32 Å². The second-order valence-electron chi connectivity index (χ2n) is 5.99. The molecule has 2 atom stereocenters. The molecule has 1 aromatic rings. The first kappa shape index (κ1) is 16.0. The third-order valence-corrected chi connectivity index (χ3v) is 4.54. The number of carbonyl (C=O) groups is 1. The molecule has 1 saturated carbocycles. The van der Waals surface area contributed by atoms with E-state index in [0.717, 1.165) is 50.9 Å². The highest BCUT2D eigenvalue weighted by atomic mass is 16.5. The van der Waals surface area contributed by atoms with E-state index < -0.39 is 5.54 Å². The van der Waals surface area contributed by atoms with Crippen LogP contribution in [-0.4, -0.2) is 34.9 Å². The van der Waals surface area contributed by atoms with E-state index in [2.05, 4.69) is 17.3 Å². The summed E-state index contributed by atoms with van der Waals surface area (Å²) in [6, 6.07) is 2.01. The van der Waals surface area contributed by atoms with E-state index in [1.807, 2.05) is 23.9 Å². The molecular formula is C16H27N3O2. The maximum Gasteiger partial charge on any atom is 0.326 e. The fourth-order valence-corrected chi connectivity index (χ4v) is 3.45. The Balaban J connectivity index is 2.05. The molecule has 0 aliphatic heterocycles. The molecule has 5 nitrogen and oxygen atoms in total. The van der Waals surface area contributed by atoms with E-state index in [1.165, 1.54) is 7.11 Å². The van der Waals surface area contributed by atoms with Gasteiger partial charge in [-0.2, -0.15) is 5.10 Å². The van der Waals surface area contributed by atoms with Crippen molar-refractivity contribution in [2.24, 2.45) is 5.92 Å². The molecule has 21 heavy (non-hydrogen) atoms. The molecule has 1 aliphatic carbocycles. The lowest BCUT2D eigenvalue weighted by Crippen LogP contribution is -2.55. The molecule has 0 spiro atoms. The minimum absolute atomic E-state index is 0.102. The highest BCUT2D eigenvalue weighted by Gasteiger charge is 2.49. The molecule has 5 heteroatoms. The van der Waals surface area contributed by atoms with Gasteiger partial charge in [0, 0.05) is 12.7 Å². The average molecular weight is 293 g/mol. The lowest BCUT2D eigenvalue weighted by Gasteiger charge is -2.34. The van der Waals surface area contributed by atoms with Crippen LogP contribution in [-0.2, 0) is 16.1 Å². The summed E-state index contributed by atoms with van der Waals surface area (Å²) in [7, 11) is 1.49. The molecule has 0 aromatic carbocycles. The Morgan fingerprint density at radius 2 is 2.43 bits per heavy atom. The van der Waals surface area contributed by atoms with Crippen LogP contribution in [0.2, 0.25) is 0 Å². The molecule has 118 valence electrons. The van der Waals surface area contributed by atoms with E-state index in [9.17, 15) is 4.79 Å². The minimum Gasteiger partial charge on any atom is -0.468 e. The van der Waals surface area contributed by atoms with Crippen molar-refractivity contribution in [2.45, 2.75) is 58.0 Å². The van der Waals surface area contributed by atoms with Gasteiger partial charge in [-0.3, -0.25) is 9.48 Å². The number of nitrogens with zero attached hydrogens (tertiary/aromatic N) is 2. The van der Waals surface area contributed by atoms with Crippen molar-refractivity contribution in [2.75, 3.05) is 13.7 Å². The number of carbonyl (C=O) groups excluding carboxylic acids is 1. The molecule has 0 radical (unpaired) electrons. The second-order valence-corrected chi connectivity index (χ2v) is 5.99. The summed E-state index contributed by atoms with van der Waals surface area (Å²) in [5, 5.41) is 7.91. The summed E-state index contributed by atoms with van der Waals surface area (Å²) in [4.78, 5) is 12.4.